The summed E-state index contributed by atoms with van der Waals surface area (Å²) in [5.74, 6) is -0.0161. The maximum absolute atomic E-state index is 11.4. The van der Waals surface area contributed by atoms with E-state index >= 15 is 0 Å². The fourth-order valence-electron chi connectivity index (χ4n) is 2.49. The van der Waals surface area contributed by atoms with Gasteiger partial charge in [-0.1, -0.05) is 11.6 Å². The van der Waals surface area contributed by atoms with Gasteiger partial charge in [0.1, 0.15) is 0 Å². The molecule has 0 radical (unpaired) electrons. The molecule has 2 rings (SSSR count). The lowest BCUT2D eigenvalue weighted by Crippen LogP contribution is -2.37. The molecule has 1 aromatic carbocycles. The third-order valence-electron chi connectivity index (χ3n) is 3.58. The largest absolute Gasteiger partial charge is 0.394 e. The molecule has 1 fully saturated rings. The predicted octanol–water partition coefficient (Wildman–Crippen LogP) is 2.52. The monoisotopic (exact) mass is 297 g/mol. The number of Topliss-reactive ketones (excluding diaryl/α,β-unsaturated/α-hetero) is 1. The zero-order valence-electron chi connectivity index (χ0n) is 11.6. The van der Waals surface area contributed by atoms with E-state index in [-0.39, 0.29) is 18.5 Å². The summed E-state index contributed by atoms with van der Waals surface area (Å²) in [6.07, 6.45) is 2.10. The minimum absolute atomic E-state index is 0.0161. The highest BCUT2D eigenvalue weighted by atomic mass is 35.5. The number of nitrogens with zero attached hydrogens (tertiary/aromatic N) is 1. The summed E-state index contributed by atoms with van der Waals surface area (Å²) in [6, 6.07) is 5.58. The smallest absolute Gasteiger partial charge is 0.161 e. The summed E-state index contributed by atoms with van der Waals surface area (Å²) in [5, 5.41) is 9.26. The second-order valence-electron chi connectivity index (χ2n) is 5.00. The lowest BCUT2D eigenvalue weighted by Gasteiger charge is -2.33. The molecule has 0 aromatic heterocycles. The fraction of sp³-hybridized carbons (Fsp3) is 0.533. The van der Waals surface area contributed by atoms with Gasteiger partial charge in [-0.3, -0.25) is 4.79 Å². The van der Waals surface area contributed by atoms with Gasteiger partial charge in [0.2, 0.25) is 0 Å². The molecule has 1 saturated heterocycles. The number of benzene rings is 1. The van der Waals surface area contributed by atoms with Gasteiger partial charge in [0.05, 0.1) is 24.3 Å². The van der Waals surface area contributed by atoms with Crippen LogP contribution >= 0.6 is 11.6 Å². The number of aliphatic hydroxyl groups is 1. The van der Waals surface area contributed by atoms with Crippen LogP contribution in [0.4, 0.5) is 5.69 Å². The van der Waals surface area contributed by atoms with Crippen LogP contribution in [0.25, 0.3) is 0 Å². The average molecular weight is 298 g/mol. The Morgan fingerprint density at radius 2 is 2.15 bits per heavy atom. The molecule has 4 nitrogen and oxygen atoms in total. The van der Waals surface area contributed by atoms with Crippen molar-refractivity contribution in [3.8, 4) is 0 Å². The Morgan fingerprint density at radius 1 is 1.45 bits per heavy atom. The van der Waals surface area contributed by atoms with Gasteiger partial charge in [0.15, 0.2) is 5.78 Å². The summed E-state index contributed by atoms with van der Waals surface area (Å²) in [7, 11) is 0. The first-order valence-corrected chi connectivity index (χ1v) is 7.27. The molecule has 0 spiro atoms. The number of hydrogen-bond donors (Lipinski definition) is 1. The zero-order valence-corrected chi connectivity index (χ0v) is 12.4. The molecule has 1 aliphatic rings. The maximum Gasteiger partial charge on any atom is 0.161 e. The van der Waals surface area contributed by atoms with Crippen LogP contribution in [0.5, 0.6) is 0 Å². The van der Waals surface area contributed by atoms with Crippen LogP contribution in [0.15, 0.2) is 18.2 Å². The van der Waals surface area contributed by atoms with E-state index < -0.39 is 0 Å². The molecule has 0 saturated carbocycles. The van der Waals surface area contributed by atoms with Gasteiger partial charge in [-0.05, 0) is 38.0 Å². The number of hydrogen-bond acceptors (Lipinski definition) is 4. The van der Waals surface area contributed by atoms with Crippen molar-refractivity contribution in [3.63, 3.8) is 0 Å². The Morgan fingerprint density at radius 3 is 2.70 bits per heavy atom. The van der Waals surface area contributed by atoms with E-state index in [1.165, 1.54) is 6.92 Å². The van der Waals surface area contributed by atoms with Crippen molar-refractivity contribution in [3.05, 3.63) is 28.8 Å². The molecule has 1 aliphatic heterocycles. The topological polar surface area (TPSA) is 49.8 Å². The van der Waals surface area contributed by atoms with Gasteiger partial charge >= 0.3 is 0 Å². The SMILES string of the molecule is CC(=O)c1ccc(N2CCC(OCCO)CC2)cc1Cl. The Hall–Kier alpha value is -1.10. The summed E-state index contributed by atoms with van der Waals surface area (Å²) in [5.41, 5.74) is 1.61. The van der Waals surface area contributed by atoms with Gasteiger partial charge in [-0.2, -0.15) is 0 Å². The highest BCUT2D eigenvalue weighted by Crippen LogP contribution is 2.27. The quantitative estimate of drug-likeness (QED) is 0.849. The number of anilines is 1. The summed E-state index contributed by atoms with van der Waals surface area (Å²) < 4.78 is 5.54. The molecule has 0 atom stereocenters. The zero-order chi connectivity index (χ0) is 14.5. The minimum Gasteiger partial charge on any atom is -0.394 e. The number of aliphatic hydroxyl groups excluding tert-OH is 1. The maximum atomic E-state index is 11.4. The Kier molecular flexibility index (Phi) is 5.40. The second kappa shape index (κ2) is 7.07. The van der Waals surface area contributed by atoms with Gasteiger partial charge in [0.25, 0.3) is 0 Å². The fourth-order valence-corrected chi connectivity index (χ4v) is 2.79. The molecule has 20 heavy (non-hydrogen) atoms. The Labute approximate surface area is 124 Å². The van der Waals surface area contributed by atoms with Crippen molar-refractivity contribution in [2.75, 3.05) is 31.2 Å². The van der Waals surface area contributed by atoms with Gasteiger partial charge in [-0.15, -0.1) is 0 Å². The third-order valence-corrected chi connectivity index (χ3v) is 3.90. The highest BCUT2D eigenvalue weighted by Gasteiger charge is 2.20. The molecular weight excluding hydrogens is 278 g/mol. The van der Waals surface area contributed by atoms with Crippen LogP contribution in [0, 0.1) is 0 Å². The van der Waals surface area contributed by atoms with Crippen LogP contribution in [0.1, 0.15) is 30.1 Å². The van der Waals surface area contributed by atoms with Crippen molar-refractivity contribution in [1.82, 2.24) is 0 Å². The van der Waals surface area contributed by atoms with Crippen LogP contribution in [0.2, 0.25) is 5.02 Å². The second-order valence-corrected chi connectivity index (χ2v) is 5.41. The number of piperidine rings is 1. The van der Waals surface area contributed by atoms with E-state index in [1.54, 1.807) is 6.07 Å². The molecule has 1 N–H and O–H groups in total. The van der Waals surface area contributed by atoms with Crippen molar-refractivity contribution < 1.29 is 14.6 Å². The molecule has 5 heteroatoms. The van der Waals surface area contributed by atoms with E-state index in [4.69, 9.17) is 21.4 Å². The lowest BCUT2D eigenvalue weighted by atomic mass is 10.1. The molecule has 0 bridgehead atoms. The lowest BCUT2D eigenvalue weighted by molar-refractivity contribution is 0.0159. The van der Waals surface area contributed by atoms with E-state index in [0.717, 1.165) is 31.6 Å². The van der Waals surface area contributed by atoms with E-state index in [0.29, 0.717) is 17.2 Å². The van der Waals surface area contributed by atoms with Crippen molar-refractivity contribution >= 4 is 23.1 Å². The van der Waals surface area contributed by atoms with Crippen LogP contribution in [-0.2, 0) is 4.74 Å². The van der Waals surface area contributed by atoms with Gasteiger partial charge in [0, 0.05) is 24.3 Å². The molecule has 1 aromatic rings. The normalized spacial score (nSPS) is 16.4. The standard InChI is InChI=1S/C15H20ClNO3/c1-11(19)14-3-2-12(10-15(14)16)17-6-4-13(5-7-17)20-9-8-18/h2-3,10,13,18H,4-9H2,1H3. The third kappa shape index (κ3) is 3.72. The number of carbonyl (C=O) groups excluding carboxylic acids is 1. The van der Waals surface area contributed by atoms with Crippen molar-refractivity contribution in [1.29, 1.82) is 0 Å². The first-order valence-electron chi connectivity index (χ1n) is 6.89. The Bertz CT molecular complexity index is 470. The minimum atomic E-state index is -0.0161. The molecule has 0 aliphatic carbocycles. The summed E-state index contributed by atoms with van der Waals surface area (Å²) in [6.45, 7) is 3.79. The van der Waals surface area contributed by atoms with E-state index in [1.807, 2.05) is 12.1 Å². The van der Waals surface area contributed by atoms with E-state index in [2.05, 4.69) is 4.90 Å². The predicted molar refractivity (Wildman–Crippen MR) is 79.7 cm³/mol. The number of halogens is 1. The van der Waals surface area contributed by atoms with E-state index in [9.17, 15) is 4.79 Å². The van der Waals surface area contributed by atoms with Crippen molar-refractivity contribution in [2.45, 2.75) is 25.9 Å². The Balaban J connectivity index is 1.97. The van der Waals surface area contributed by atoms with Gasteiger partial charge in [-0.25, -0.2) is 0 Å². The number of ketones is 1. The number of ether oxygens (including phenoxy) is 1. The molecule has 0 amide bonds. The average Bonchev–Trinajstić information content (AvgIpc) is 2.45. The number of rotatable bonds is 5. The molecule has 110 valence electrons. The van der Waals surface area contributed by atoms with Crippen molar-refractivity contribution in [2.24, 2.45) is 0 Å². The summed E-state index contributed by atoms with van der Waals surface area (Å²) >= 11 is 6.14. The highest BCUT2D eigenvalue weighted by molar-refractivity contribution is 6.34. The summed E-state index contributed by atoms with van der Waals surface area (Å²) in [4.78, 5) is 13.6. The van der Waals surface area contributed by atoms with Crippen LogP contribution in [-0.4, -0.2) is 43.3 Å². The first kappa shape index (κ1) is 15.3. The van der Waals surface area contributed by atoms with Crippen LogP contribution < -0.4 is 4.90 Å². The first-order chi connectivity index (χ1) is 9.61. The molecule has 0 unspecified atom stereocenters. The molecule has 1 heterocycles. The van der Waals surface area contributed by atoms with Gasteiger partial charge < -0.3 is 14.7 Å². The molecular formula is C15H20ClNO3. The van der Waals surface area contributed by atoms with Crippen LogP contribution in [0.3, 0.4) is 0 Å². The number of carbonyl (C=O) groups is 1.